The van der Waals surface area contributed by atoms with Crippen LogP contribution in [0.3, 0.4) is 0 Å². The first-order valence-corrected chi connectivity index (χ1v) is 10.9. The molecule has 0 saturated carbocycles. The summed E-state index contributed by atoms with van der Waals surface area (Å²) in [5.74, 6) is -0.200. The largest absolute Gasteiger partial charge is 0.390 e. The fourth-order valence-corrected chi connectivity index (χ4v) is 4.15. The zero-order valence-electron chi connectivity index (χ0n) is 18.0. The Kier molecular flexibility index (Phi) is 6.61. The zero-order chi connectivity index (χ0) is 22.8. The number of amides is 2. The van der Waals surface area contributed by atoms with Gasteiger partial charge in [0.25, 0.3) is 11.8 Å². The summed E-state index contributed by atoms with van der Waals surface area (Å²) in [6.07, 6.45) is -0.681. The van der Waals surface area contributed by atoms with Crippen LogP contribution in [0.5, 0.6) is 0 Å². The summed E-state index contributed by atoms with van der Waals surface area (Å²) < 4.78 is 5.31. The number of anilines is 1. The predicted molar refractivity (Wildman–Crippen MR) is 122 cm³/mol. The number of aliphatic hydroxyl groups is 1. The first kappa shape index (κ1) is 22.5. The van der Waals surface area contributed by atoms with E-state index in [1.54, 1.807) is 32.0 Å². The number of aliphatic hydroxyl groups excluding tert-OH is 1. The zero-order valence-corrected chi connectivity index (χ0v) is 18.8. The highest BCUT2D eigenvalue weighted by molar-refractivity contribution is 6.54. The maximum absolute atomic E-state index is 12.8. The van der Waals surface area contributed by atoms with Gasteiger partial charge in [-0.2, -0.15) is 0 Å². The van der Waals surface area contributed by atoms with Crippen molar-refractivity contribution in [3.63, 3.8) is 0 Å². The molecule has 4 rings (SSSR count). The maximum atomic E-state index is 12.8. The lowest BCUT2D eigenvalue weighted by Gasteiger charge is -2.28. The number of hydrogen-bond acceptors (Lipinski definition) is 6. The minimum Gasteiger partial charge on any atom is -0.390 e. The third-order valence-corrected chi connectivity index (χ3v) is 5.87. The SMILES string of the molecule is Cc1[nH]c(N=C2C(=O)Nc3ccc(Cl)cc32)c(C)c1C(=O)NCC(O)CN1CCOCC1. The summed E-state index contributed by atoms with van der Waals surface area (Å²) in [6, 6.07) is 5.11. The molecule has 1 aromatic carbocycles. The van der Waals surface area contributed by atoms with Crippen LogP contribution in [-0.4, -0.2) is 78.0 Å². The van der Waals surface area contributed by atoms with Crippen molar-refractivity contribution >= 4 is 40.6 Å². The number of morpholine rings is 1. The molecule has 9 nitrogen and oxygen atoms in total. The fourth-order valence-electron chi connectivity index (χ4n) is 3.98. The summed E-state index contributed by atoms with van der Waals surface area (Å²) in [5.41, 5.74) is 3.20. The number of aromatic nitrogens is 1. The Balaban J connectivity index is 1.47. The topological polar surface area (TPSA) is 119 Å². The van der Waals surface area contributed by atoms with Gasteiger partial charge in [-0.1, -0.05) is 11.6 Å². The van der Waals surface area contributed by atoms with Crippen LogP contribution in [0.1, 0.15) is 27.2 Å². The number of rotatable bonds is 6. The second-order valence-corrected chi connectivity index (χ2v) is 8.42. The van der Waals surface area contributed by atoms with Gasteiger partial charge in [-0.3, -0.25) is 14.5 Å². The lowest BCUT2D eigenvalue weighted by Crippen LogP contribution is -2.44. The lowest BCUT2D eigenvalue weighted by molar-refractivity contribution is -0.110. The van der Waals surface area contributed by atoms with Gasteiger partial charge in [-0.15, -0.1) is 0 Å². The molecule has 1 atom stereocenters. The number of carbonyl (C=O) groups is 2. The average Bonchev–Trinajstić information content (AvgIpc) is 3.22. The highest BCUT2D eigenvalue weighted by atomic mass is 35.5. The minimum atomic E-state index is -0.681. The molecular formula is C22H26ClN5O4. The number of fused-ring (bicyclic) bond motifs is 1. The average molecular weight is 460 g/mol. The fraction of sp³-hybridized carbons (Fsp3) is 0.409. The molecule has 1 saturated heterocycles. The Morgan fingerprint density at radius 2 is 2.09 bits per heavy atom. The van der Waals surface area contributed by atoms with Gasteiger partial charge < -0.3 is 25.5 Å². The van der Waals surface area contributed by atoms with Crippen LogP contribution in [0.4, 0.5) is 11.5 Å². The minimum absolute atomic E-state index is 0.137. The van der Waals surface area contributed by atoms with E-state index in [1.807, 2.05) is 0 Å². The molecule has 10 heteroatoms. The van der Waals surface area contributed by atoms with Gasteiger partial charge in [0.1, 0.15) is 11.5 Å². The lowest BCUT2D eigenvalue weighted by atomic mass is 10.1. The molecule has 2 aliphatic heterocycles. The van der Waals surface area contributed by atoms with E-state index in [2.05, 4.69) is 25.5 Å². The molecular weight excluding hydrogens is 434 g/mol. The molecule has 32 heavy (non-hydrogen) atoms. The molecule has 0 spiro atoms. The van der Waals surface area contributed by atoms with E-state index in [-0.39, 0.29) is 24.1 Å². The molecule has 2 aliphatic rings. The number of nitrogens with zero attached hydrogens (tertiary/aromatic N) is 2. The van der Waals surface area contributed by atoms with Gasteiger partial charge in [0.2, 0.25) is 0 Å². The number of carbonyl (C=O) groups excluding carboxylic acids is 2. The van der Waals surface area contributed by atoms with Crippen LogP contribution in [0.2, 0.25) is 5.02 Å². The molecule has 170 valence electrons. The van der Waals surface area contributed by atoms with Crippen molar-refractivity contribution in [2.24, 2.45) is 4.99 Å². The van der Waals surface area contributed by atoms with Crippen molar-refractivity contribution in [1.29, 1.82) is 0 Å². The second-order valence-electron chi connectivity index (χ2n) is 7.98. The highest BCUT2D eigenvalue weighted by Crippen LogP contribution is 2.30. The van der Waals surface area contributed by atoms with Crippen molar-refractivity contribution in [1.82, 2.24) is 15.2 Å². The summed E-state index contributed by atoms with van der Waals surface area (Å²) in [5, 5.41) is 16.4. The number of aromatic amines is 1. The number of halogens is 1. The van der Waals surface area contributed by atoms with Crippen LogP contribution >= 0.6 is 11.6 Å². The summed E-state index contributed by atoms with van der Waals surface area (Å²) >= 11 is 6.08. The van der Waals surface area contributed by atoms with Crippen LogP contribution in [-0.2, 0) is 9.53 Å². The molecule has 4 N–H and O–H groups in total. The monoisotopic (exact) mass is 459 g/mol. The summed E-state index contributed by atoms with van der Waals surface area (Å²) in [6.45, 7) is 7.01. The second kappa shape index (κ2) is 9.41. The first-order valence-electron chi connectivity index (χ1n) is 10.5. The molecule has 2 amide bonds. The number of aliphatic imine (C=N–C) groups is 1. The molecule has 0 bridgehead atoms. The quantitative estimate of drug-likeness (QED) is 0.525. The van der Waals surface area contributed by atoms with E-state index < -0.39 is 6.10 Å². The third kappa shape index (κ3) is 4.71. The molecule has 0 aliphatic carbocycles. The van der Waals surface area contributed by atoms with Gasteiger partial charge in [0.05, 0.1) is 30.6 Å². The number of aryl methyl sites for hydroxylation is 1. The van der Waals surface area contributed by atoms with E-state index >= 15 is 0 Å². The van der Waals surface area contributed by atoms with Gasteiger partial charge in [0.15, 0.2) is 0 Å². The van der Waals surface area contributed by atoms with E-state index in [4.69, 9.17) is 16.3 Å². The van der Waals surface area contributed by atoms with Crippen molar-refractivity contribution in [3.8, 4) is 0 Å². The maximum Gasteiger partial charge on any atom is 0.275 e. The van der Waals surface area contributed by atoms with Gasteiger partial charge in [-0.25, -0.2) is 4.99 Å². The number of benzene rings is 1. The third-order valence-electron chi connectivity index (χ3n) is 5.63. The van der Waals surface area contributed by atoms with Gasteiger partial charge in [-0.05, 0) is 32.0 Å². The number of H-pyrrole nitrogens is 1. The first-order chi connectivity index (χ1) is 15.3. The molecule has 3 heterocycles. The molecule has 0 radical (unpaired) electrons. The Bertz CT molecular complexity index is 1070. The van der Waals surface area contributed by atoms with Crippen LogP contribution in [0, 0.1) is 13.8 Å². The van der Waals surface area contributed by atoms with Crippen LogP contribution in [0.25, 0.3) is 0 Å². The summed E-state index contributed by atoms with van der Waals surface area (Å²) in [4.78, 5) is 34.9. The van der Waals surface area contributed by atoms with E-state index in [9.17, 15) is 14.7 Å². The summed E-state index contributed by atoms with van der Waals surface area (Å²) in [7, 11) is 0. The number of ether oxygens (including phenoxy) is 1. The predicted octanol–water partition coefficient (Wildman–Crippen LogP) is 1.78. The molecule has 1 fully saturated rings. The normalized spacial score (nSPS) is 18.5. The van der Waals surface area contributed by atoms with Crippen molar-refractivity contribution in [2.75, 3.05) is 44.7 Å². The standard InChI is InChI=1S/C22H26ClN5O4/c1-12-18(21(30)24-10-15(29)11-28-5-7-32-8-6-28)13(2)25-20(12)27-19-16-9-14(23)3-4-17(16)26-22(19)31/h3-4,9,15,25,29H,5-8,10-11H2,1-2H3,(H,24,30)(H,26,27,31). The number of nitrogens with one attached hydrogen (secondary N) is 3. The van der Waals surface area contributed by atoms with E-state index in [1.165, 1.54) is 0 Å². The highest BCUT2D eigenvalue weighted by Gasteiger charge is 2.27. The Morgan fingerprint density at radius 1 is 1.34 bits per heavy atom. The van der Waals surface area contributed by atoms with E-state index in [0.717, 1.165) is 13.1 Å². The van der Waals surface area contributed by atoms with Gasteiger partial charge >= 0.3 is 0 Å². The van der Waals surface area contributed by atoms with Crippen LogP contribution in [0.15, 0.2) is 23.2 Å². The Hall–Kier alpha value is -2.72. The molecule has 1 aromatic heterocycles. The van der Waals surface area contributed by atoms with Crippen molar-refractivity contribution in [2.45, 2.75) is 20.0 Å². The van der Waals surface area contributed by atoms with Crippen LogP contribution < -0.4 is 10.6 Å². The molecule has 1 unspecified atom stereocenters. The Morgan fingerprint density at radius 3 is 2.84 bits per heavy atom. The molecule has 2 aromatic rings. The number of hydrogen-bond donors (Lipinski definition) is 4. The van der Waals surface area contributed by atoms with Crippen molar-refractivity contribution < 1.29 is 19.4 Å². The Labute approximate surface area is 190 Å². The van der Waals surface area contributed by atoms with Crippen molar-refractivity contribution in [3.05, 3.63) is 45.6 Å². The van der Waals surface area contributed by atoms with E-state index in [0.29, 0.717) is 58.7 Å². The number of β-amino-alcohol motifs (C(OH)–C–C–N with tert-alkyl or cyclic N) is 1. The smallest absolute Gasteiger partial charge is 0.275 e. The van der Waals surface area contributed by atoms with Gasteiger partial charge in [0, 0.05) is 48.0 Å².